The summed E-state index contributed by atoms with van der Waals surface area (Å²) in [6.07, 6.45) is 0. The van der Waals surface area contributed by atoms with E-state index in [1.165, 1.54) is 0 Å². The van der Waals surface area contributed by atoms with Crippen molar-refractivity contribution in [3.8, 4) is 28.6 Å². The van der Waals surface area contributed by atoms with Gasteiger partial charge in [-0.15, -0.1) is 0 Å². The van der Waals surface area contributed by atoms with Crippen molar-refractivity contribution in [2.75, 3.05) is 27.9 Å². The molecule has 1 amide bonds. The van der Waals surface area contributed by atoms with Gasteiger partial charge in [-0.1, -0.05) is 30.6 Å². The maximum atomic E-state index is 13.1. The quantitative estimate of drug-likeness (QED) is 0.432. The molecule has 1 heterocycles. The van der Waals surface area contributed by atoms with Gasteiger partial charge in [-0.05, 0) is 42.3 Å². The monoisotopic (exact) mass is 458 g/mol. The Balaban J connectivity index is 1.87. The smallest absolute Gasteiger partial charge is 0.254 e. The van der Waals surface area contributed by atoms with E-state index >= 15 is 0 Å². The molecule has 0 bridgehead atoms. The molecule has 0 unspecified atom stereocenters. The summed E-state index contributed by atoms with van der Waals surface area (Å²) in [4.78, 5) is 14.8. The third kappa shape index (κ3) is 5.34. The number of carbonyl (C=O) groups excluding carboxylic acids is 1. The highest BCUT2D eigenvalue weighted by molar-refractivity contribution is 6.30. The lowest BCUT2D eigenvalue weighted by Gasteiger charge is -2.23. The first-order valence-corrected chi connectivity index (χ1v) is 10.5. The summed E-state index contributed by atoms with van der Waals surface area (Å²) in [5.74, 6) is 2.25. The van der Waals surface area contributed by atoms with Crippen LogP contribution in [0.1, 0.15) is 29.9 Å². The first-order valence-electron chi connectivity index (χ1n) is 10.2. The van der Waals surface area contributed by atoms with Crippen LogP contribution in [0, 0.1) is 5.92 Å². The number of hydrogen-bond acceptors (Lipinski definition) is 6. The number of methoxy groups -OCH3 is 3. The summed E-state index contributed by atoms with van der Waals surface area (Å²) < 4.78 is 21.8. The van der Waals surface area contributed by atoms with Gasteiger partial charge in [0.1, 0.15) is 5.69 Å². The summed E-state index contributed by atoms with van der Waals surface area (Å²) in [6.45, 7) is 5.01. The van der Waals surface area contributed by atoms with Crippen LogP contribution in [0.5, 0.6) is 17.2 Å². The molecular weight excluding hydrogens is 432 g/mol. The van der Waals surface area contributed by atoms with Crippen LogP contribution >= 0.6 is 11.6 Å². The average Bonchev–Trinajstić information content (AvgIpc) is 3.25. The fourth-order valence-electron chi connectivity index (χ4n) is 3.38. The maximum absolute atomic E-state index is 13.1. The van der Waals surface area contributed by atoms with E-state index in [2.05, 4.69) is 19.0 Å². The Morgan fingerprint density at radius 3 is 2.19 bits per heavy atom. The molecule has 0 atom stereocenters. The van der Waals surface area contributed by atoms with E-state index in [4.69, 9.17) is 30.3 Å². The number of rotatable bonds is 9. The van der Waals surface area contributed by atoms with Crippen molar-refractivity contribution < 1.29 is 23.5 Å². The molecule has 0 fully saturated rings. The van der Waals surface area contributed by atoms with Crippen LogP contribution in [-0.2, 0) is 6.54 Å². The van der Waals surface area contributed by atoms with Crippen molar-refractivity contribution in [3.05, 3.63) is 58.7 Å². The Hall–Kier alpha value is -3.19. The van der Waals surface area contributed by atoms with Gasteiger partial charge < -0.3 is 23.6 Å². The lowest BCUT2D eigenvalue weighted by Crippen LogP contribution is -2.33. The van der Waals surface area contributed by atoms with Crippen LogP contribution in [0.4, 0.5) is 0 Å². The molecular formula is C24H27ClN2O5. The fourth-order valence-corrected chi connectivity index (χ4v) is 3.50. The average molecular weight is 459 g/mol. The van der Waals surface area contributed by atoms with Crippen molar-refractivity contribution in [1.29, 1.82) is 0 Å². The molecule has 32 heavy (non-hydrogen) atoms. The van der Waals surface area contributed by atoms with Crippen LogP contribution in [-0.4, -0.2) is 43.8 Å². The summed E-state index contributed by atoms with van der Waals surface area (Å²) in [6, 6.07) is 12.3. The predicted molar refractivity (Wildman–Crippen MR) is 123 cm³/mol. The number of carbonyl (C=O) groups is 1. The molecule has 0 aliphatic carbocycles. The van der Waals surface area contributed by atoms with Gasteiger partial charge in [0.05, 0.1) is 27.9 Å². The second-order valence-electron chi connectivity index (χ2n) is 7.68. The Morgan fingerprint density at radius 1 is 1.03 bits per heavy atom. The molecule has 0 aliphatic rings. The van der Waals surface area contributed by atoms with E-state index in [0.717, 1.165) is 5.56 Å². The van der Waals surface area contributed by atoms with Gasteiger partial charge >= 0.3 is 0 Å². The molecule has 0 N–H and O–H groups in total. The zero-order valence-electron chi connectivity index (χ0n) is 18.8. The summed E-state index contributed by atoms with van der Waals surface area (Å²) in [5.41, 5.74) is 1.93. The largest absolute Gasteiger partial charge is 0.493 e. The molecule has 0 radical (unpaired) electrons. The second kappa shape index (κ2) is 10.4. The highest BCUT2D eigenvalue weighted by atomic mass is 35.5. The van der Waals surface area contributed by atoms with E-state index < -0.39 is 0 Å². The molecule has 3 aromatic rings. The molecule has 7 nitrogen and oxygen atoms in total. The zero-order chi connectivity index (χ0) is 23.3. The standard InChI is InChI=1S/C24H27ClN2O5/c1-15(2)13-27(24(28)16-6-8-18(25)9-7-16)14-19-12-20(32-26-19)17-10-21(29-3)23(31-5)22(11-17)30-4/h6-12,15H,13-14H2,1-5H3. The van der Waals surface area contributed by atoms with Gasteiger partial charge in [0, 0.05) is 28.8 Å². The minimum Gasteiger partial charge on any atom is -0.493 e. The SMILES string of the molecule is COc1cc(-c2cc(CN(CC(C)C)C(=O)c3ccc(Cl)cc3)no2)cc(OC)c1OC. The van der Waals surface area contributed by atoms with Crippen LogP contribution < -0.4 is 14.2 Å². The molecule has 3 rings (SSSR count). The molecule has 2 aromatic carbocycles. The van der Waals surface area contributed by atoms with Crippen LogP contribution in [0.25, 0.3) is 11.3 Å². The number of amides is 1. The Kier molecular flexibility index (Phi) is 7.64. The van der Waals surface area contributed by atoms with E-state index in [-0.39, 0.29) is 11.8 Å². The number of halogens is 1. The molecule has 8 heteroatoms. The van der Waals surface area contributed by atoms with E-state index in [1.807, 2.05) is 6.07 Å². The van der Waals surface area contributed by atoms with Gasteiger partial charge in [-0.3, -0.25) is 4.79 Å². The van der Waals surface area contributed by atoms with Gasteiger partial charge in [0.2, 0.25) is 5.75 Å². The number of hydrogen-bond donors (Lipinski definition) is 0. The van der Waals surface area contributed by atoms with Crippen LogP contribution in [0.15, 0.2) is 47.0 Å². The number of aromatic nitrogens is 1. The van der Waals surface area contributed by atoms with Crippen molar-refractivity contribution in [1.82, 2.24) is 10.1 Å². The molecule has 0 aliphatic heterocycles. The summed E-state index contributed by atoms with van der Waals surface area (Å²) in [7, 11) is 4.66. The first-order chi connectivity index (χ1) is 15.4. The predicted octanol–water partition coefficient (Wildman–Crippen LogP) is 5.32. The van der Waals surface area contributed by atoms with Crippen LogP contribution in [0.3, 0.4) is 0 Å². The molecule has 0 saturated carbocycles. The number of benzene rings is 2. The van der Waals surface area contributed by atoms with Gasteiger partial charge in [0.15, 0.2) is 17.3 Å². The zero-order valence-corrected chi connectivity index (χ0v) is 19.6. The van der Waals surface area contributed by atoms with E-state index in [0.29, 0.717) is 52.4 Å². The lowest BCUT2D eigenvalue weighted by atomic mass is 10.1. The normalized spacial score (nSPS) is 10.8. The molecule has 170 valence electrons. The Morgan fingerprint density at radius 2 is 1.66 bits per heavy atom. The van der Waals surface area contributed by atoms with E-state index in [9.17, 15) is 4.79 Å². The molecule has 1 aromatic heterocycles. The number of ether oxygens (including phenoxy) is 3. The summed E-state index contributed by atoms with van der Waals surface area (Å²) >= 11 is 5.96. The van der Waals surface area contributed by atoms with Crippen LogP contribution in [0.2, 0.25) is 5.02 Å². The first kappa shape index (κ1) is 23.5. The Labute approximate surface area is 192 Å². The lowest BCUT2D eigenvalue weighted by molar-refractivity contribution is 0.0719. The fraction of sp³-hybridized carbons (Fsp3) is 0.333. The number of nitrogens with zero attached hydrogens (tertiary/aromatic N) is 2. The third-order valence-corrected chi connectivity index (χ3v) is 5.08. The maximum Gasteiger partial charge on any atom is 0.254 e. The molecule has 0 spiro atoms. The third-order valence-electron chi connectivity index (χ3n) is 4.82. The van der Waals surface area contributed by atoms with Crippen molar-refractivity contribution in [3.63, 3.8) is 0 Å². The van der Waals surface area contributed by atoms with Crippen molar-refractivity contribution >= 4 is 17.5 Å². The van der Waals surface area contributed by atoms with Gasteiger partial charge in [0.25, 0.3) is 5.91 Å². The highest BCUT2D eigenvalue weighted by Crippen LogP contribution is 2.41. The minimum atomic E-state index is -0.0901. The minimum absolute atomic E-state index is 0.0901. The van der Waals surface area contributed by atoms with Crippen molar-refractivity contribution in [2.45, 2.75) is 20.4 Å². The molecule has 0 saturated heterocycles. The van der Waals surface area contributed by atoms with E-state index in [1.54, 1.807) is 62.6 Å². The highest BCUT2D eigenvalue weighted by Gasteiger charge is 2.21. The van der Waals surface area contributed by atoms with Crippen molar-refractivity contribution in [2.24, 2.45) is 5.92 Å². The second-order valence-corrected chi connectivity index (χ2v) is 8.12. The Bertz CT molecular complexity index is 1040. The van der Waals surface area contributed by atoms with Gasteiger partial charge in [-0.2, -0.15) is 0 Å². The van der Waals surface area contributed by atoms with Gasteiger partial charge in [-0.25, -0.2) is 0 Å². The summed E-state index contributed by atoms with van der Waals surface area (Å²) in [5, 5.41) is 4.77. The topological polar surface area (TPSA) is 74.0 Å².